The van der Waals surface area contributed by atoms with Gasteiger partial charge in [0.2, 0.25) is 0 Å². The second-order valence-electron chi connectivity index (χ2n) is 0.112. The monoisotopic (exact) mass is 1210 g/mol. The molecule has 0 aromatic rings. The summed E-state index contributed by atoms with van der Waals surface area (Å²) in [6.45, 7) is 162. The third-order valence-electron chi connectivity index (χ3n) is 0. The summed E-state index contributed by atoms with van der Waals surface area (Å²) in [5, 5.41) is 7.46. The fourth-order valence-corrected chi connectivity index (χ4v) is 0. The number of hydrogen-bond acceptors (Lipinski definition) is 37. The number of rotatable bonds is 0. The van der Waals surface area contributed by atoms with Gasteiger partial charge in [0, 0.05) is 34.1 Å². The standard InChI is InChI=1S/CH3O.36CO.3Fe/c37*1-2;;;/h2H,1H2;;;;;;;;;;;;;;;;;;;;;;;;;;;;;;;;;;;;;;;. The van der Waals surface area contributed by atoms with Crippen LogP contribution in [0.4, 0.5) is 0 Å². The van der Waals surface area contributed by atoms with Gasteiger partial charge < -0.3 is 0 Å². The van der Waals surface area contributed by atoms with Crippen LogP contribution in [0.5, 0.6) is 0 Å². The van der Waals surface area contributed by atoms with Gasteiger partial charge in [-0.3, -0.25) is 173 Å². The molecular formula is C37H3Fe3O37. The minimum atomic E-state index is 0. The molecule has 0 bridgehead atoms. The number of carbonyl (C=O) groups excluding carboxylic acids is 36. The van der Waals surface area contributed by atoms with E-state index >= 15 is 0 Å². The summed E-state index contributed by atoms with van der Waals surface area (Å²) in [6.07, 6.45) is 0. The first-order chi connectivity index (χ1) is 37.4. The molecule has 397 valence electrons. The van der Waals surface area contributed by atoms with Crippen LogP contribution in [0.1, 0.15) is 0 Å². The minimum absolute atomic E-state index is 0. The second-order valence-corrected chi connectivity index (χ2v) is 0.461. The van der Waals surface area contributed by atoms with Gasteiger partial charge in [-0.05, 0) is 0 Å². The van der Waals surface area contributed by atoms with E-state index in [0.29, 0.717) is 0 Å². The van der Waals surface area contributed by atoms with Crippen LogP contribution < -0.4 is 0 Å². The van der Waals surface area contributed by atoms with Gasteiger partial charge in [-0.15, -0.1) is 0 Å². The van der Waals surface area contributed by atoms with Crippen molar-refractivity contribution >= 4 is 244 Å². The Hall–Kier alpha value is -10.4. The number of aliphatic hydroxyl groups excluding tert-OH is 1. The van der Waals surface area contributed by atoms with Crippen LogP contribution in [-0.2, 0) is 223 Å². The Kier molecular flexibility index (Phi) is 15300. The SMILES string of the molecule is O[CH2][Fe].[C]=O.[C]=O.[C]=O.[C]=O.[C]=O.[C]=O.[C]=O.[C]=O.[C]=O.[C]=O.[C]=O.[C]=O.[C]=O.[C]=O.[C]=O.[C]=O.[C]=O.[C]=O.[C]=O.[C]=O.[C]=O.[C]=O.[C]=O.[C]=O.[C]=O.[C]=O.[C]=O.[C]=O.[C]=O.[C]=O.[C]=O.[C]=O.[C]=O.[C]=O.[C]=O.[C]=O.[Fe].[Fe]. The maximum Gasteiger partial charge on any atom is 0.281 e. The van der Waals surface area contributed by atoms with Gasteiger partial charge in [0.05, 0.1) is 0 Å². The van der Waals surface area contributed by atoms with Gasteiger partial charge >= 0.3 is 26.6 Å². The van der Waals surface area contributed by atoms with E-state index in [0.717, 1.165) is 0 Å². The van der Waals surface area contributed by atoms with Gasteiger partial charge in [-0.2, -0.15) is 0 Å². The van der Waals surface area contributed by atoms with Crippen molar-refractivity contribution in [2.75, 3.05) is 5.51 Å². The first-order valence-corrected chi connectivity index (χ1v) is 8.70. The average Bonchev–Trinajstić information content (AvgIpc) is 3.65. The summed E-state index contributed by atoms with van der Waals surface area (Å²) in [5.74, 6) is 0. The summed E-state index contributed by atoms with van der Waals surface area (Å²) in [7, 11) is 0. The Bertz CT molecular complexity index is 292. The summed E-state index contributed by atoms with van der Waals surface area (Å²) in [4.78, 5) is 270. The van der Waals surface area contributed by atoms with E-state index in [-0.39, 0.29) is 39.6 Å². The predicted molar refractivity (Wildman–Crippen MR) is 212 cm³/mol. The van der Waals surface area contributed by atoms with Gasteiger partial charge in [0.1, 0.15) is 0 Å². The maximum absolute atomic E-state index is 7.50. The van der Waals surface area contributed by atoms with E-state index in [1.165, 1.54) is 0 Å². The quantitative estimate of drug-likeness (QED) is 0.220. The molecule has 0 saturated carbocycles. The molecule has 0 amide bonds. The van der Waals surface area contributed by atoms with Gasteiger partial charge in [-0.1, -0.05) is 0 Å². The topological polar surface area (TPSA) is 635 Å². The zero-order valence-corrected chi connectivity index (χ0v) is 38.2. The number of aliphatic hydroxyl groups is 1. The Labute approximate surface area is 476 Å². The molecule has 0 heterocycles. The summed E-state index contributed by atoms with van der Waals surface area (Å²) in [6, 6.07) is 0. The average molecular weight is 1210 g/mol. The van der Waals surface area contributed by atoms with Crippen LogP contribution in [-0.4, -0.2) is 255 Å². The van der Waals surface area contributed by atoms with Crippen molar-refractivity contribution in [3.8, 4) is 0 Å². The Balaban J connectivity index is -0.00000000521. The third-order valence-corrected chi connectivity index (χ3v) is 0. The fourth-order valence-electron chi connectivity index (χ4n) is 0. The molecule has 0 rings (SSSR count). The molecular weight excluding hydrogens is 1200 g/mol. The van der Waals surface area contributed by atoms with Crippen LogP contribution in [0.3, 0.4) is 0 Å². The largest absolute Gasteiger partial charge is 0.281 e. The second kappa shape index (κ2) is 3130. The molecule has 0 aliphatic rings. The zero-order chi connectivity index (χ0) is 74.7. The van der Waals surface area contributed by atoms with Gasteiger partial charge in [0.15, 0.2) is 0 Å². The van der Waals surface area contributed by atoms with Crippen LogP contribution in [0, 0.1) is 0 Å². The maximum atomic E-state index is 7.50. The summed E-state index contributed by atoms with van der Waals surface area (Å²) in [5.41, 5.74) is 0. The van der Waals surface area contributed by atoms with E-state index in [1.807, 2.05) is 0 Å². The van der Waals surface area contributed by atoms with E-state index in [2.05, 4.69) is 260 Å². The van der Waals surface area contributed by atoms with Crippen LogP contribution in [0.2, 0.25) is 0 Å². The normalized spacial score (nSPS) is 2.10. The Morgan fingerprint density at radius 1 is 0.130 bits per heavy atom. The molecule has 0 saturated heterocycles. The molecule has 77 heavy (non-hydrogen) atoms. The van der Waals surface area contributed by atoms with Crippen LogP contribution in [0.15, 0.2) is 0 Å². The molecule has 0 aromatic heterocycles. The van der Waals surface area contributed by atoms with Gasteiger partial charge in [-0.25, -0.2) is 0 Å². The van der Waals surface area contributed by atoms with Crippen LogP contribution in [0.25, 0.3) is 0 Å². The molecule has 0 aromatic carbocycles. The molecule has 72 radical (unpaired) electrons. The van der Waals surface area contributed by atoms with Crippen molar-refractivity contribution in [3.63, 3.8) is 0 Å². The molecule has 1 N–H and O–H groups in total. The van der Waals surface area contributed by atoms with Crippen molar-refractivity contribution in [2.24, 2.45) is 0 Å². The molecule has 0 aliphatic carbocycles. The molecule has 40 heteroatoms. The first kappa shape index (κ1) is 376. The van der Waals surface area contributed by atoms with Crippen molar-refractivity contribution in [2.45, 2.75) is 0 Å². The number of hydrogen-bond donors (Lipinski definition) is 1. The molecule has 0 fully saturated rings. The minimum Gasteiger partial charge on any atom is -0.281 e. The zero-order valence-electron chi connectivity index (χ0n) is 34.9. The molecule has 37 nitrogen and oxygen atoms in total. The Morgan fingerprint density at radius 2 is 0.130 bits per heavy atom. The van der Waals surface area contributed by atoms with Crippen molar-refractivity contribution in [1.29, 1.82) is 0 Å². The summed E-state index contributed by atoms with van der Waals surface area (Å²) >= 11 is 3.04. The van der Waals surface area contributed by atoms with Crippen LogP contribution >= 0.6 is 0 Å². The van der Waals surface area contributed by atoms with Crippen molar-refractivity contribution in [1.82, 2.24) is 0 Å². The van der Waals surface area contributed by atoms with E-state index in [9.17, 15) is 0 Å². The molecule has 0 spiro atoms. The Morgan fingerprint density at radius 3 is 0.130 bits per heavy atom. The third kappa shape index (κ3) is 2480. The fraction of sp³-hybridized carbons (Fsp3) is 0.0270. The van der Waals surface area contributed by atoms with Gasteiger partial charge in [0.25, 0.3) is 244 Å². The smallest absolute Gasteiger partial charge is 0.281 e. The van der Waals surface area contributed by atoms with E-state index in [4.69, 9.17) is 178 Å². The summed E-state index contributed by atoms with van der Waals surface area (Å²) < 4.78 is 0. The molecule has 0 unspecified atom stereocenters. The van der Waals surface area contributed by atoms with E-state index < -0.39 is 0 Å². The first-order valence-electron chi connectivity index (χ1n) is 7.91. The predicted octanol–water partition coefficient (Wildman–Crippen LogP) is -14.8. The van der Waals surface area contributed by atoms with Crippen molar-refractivity contribution < 1.29 is 228 Å². The molecule has 0 atom stereocenters. The van der Waals surface area contributed by atoms with E-state index in [1.54, 1.807) is 0 Å². The van der Waals surface area contributed by atoms with Crippen molar-refractivity contribution in [3.05, 3.63) is 0 Å². The molecule has 0 aliphatic heterocycles.